The summed E-state index contributed by atoms with van der Waals surface area (Å²) in [5.74, 6) is -0.577. The van der Waals surface area contributed by atoms with Crippen LogP contribution in [-0.4, -0.2) is 32.0 Å². The van der Waals surface area contributed by atoms with Crippen LogP contribution in [0.4, 0.5) is 0 Å². The van der Waals surface area contributed by atoms with Gasteiger partial charge in [-0.15, -0.1) is 0 Å². The molecule has 0 bridgehead atoms. The minimum absolute atomic E-state index is 0.139. The van der Waals surface area contributed by atoms with Crippen LogP contribution in [0.2, 0.25) is 0 Å². The van der Waals surface area contributed by atoms with Crippen molar-refractivity contribution >= 4 is 38.6 Å². The maximum Gasteiger partial charge on any atom is 0.323 e. The number of rotatable bonds is 6. The minimum atomic E-state index is -3.71. The molecule has 1 atom stereocenters. The van der Waals surface area contributed by atoms with Crippen molar-refractivity contribution in [3.63, 3.8) is 0 Å². The van der Waals surface area contributed by atoms with Gasteiger partial charge in [0.25, 0.3) is 0 Å². The van der Waals surface area contributed by atoms with E-state index in [1.165, 1.54) is 19.2 Å². The Hall–Kier alpha value is -0.670. The molecule has 1 rings (SSSR count). The quantitative estimate of drug-likeness (QED) is 0.450. The van der Waals surface area contributed by atoms with Gasteiger partial charge < -0.3 is 4.74 Å². The summed E-state index contributed by atoms with van der Waals surface area (Å²) in [5.41, 5.74) is 0.968. The molecule has 0 unspecified atom stereocenters. The molecule has 1 aromatic rings. The number of ether oxygens (including phenoxy) is 1. The van der Waals surface area contributed by atoms with E-state index in [1.807, 2.05) is 6.92 Å². The van der Waals surface area contributed by atoms with Crippen molar-refractivity contribution in [1.29, 1.82) is 0 Å². The molecule has 0 saturated heterocycles. The zero-order valence-corrected chi connectivity index (χ0v) is 13.7. The molecule has 5 nitrogen and oxygen atoms in total. The first-order valence-electron chi connectivity index (χ1n) is 5.63. The summed E-state index contributed by atoms with van der Waals surface area (Å²) >= 11 is 2.08. The van der Waals surface area contributed by atoms with E-state index in [2.05, 4.69) is 32.0 Å². The summed E-state index contributed by atoms with van der Waals surface area (Å²) in [6.07, 6.45) is 0.387. The van der Waals surface area contributed by atoms with Crippen molar-refractivity contribution in [3.05, 3.63) is 29.8 Å². The molecule has 1 N–H and O–H groups in total. The second-order valence-electron chi connectivity index (χ2n) is 3.99. The number of methoxy groups -OCH3 is 1. The first-order valence-corrected chi connectivity index (χ1v) is 8.64. The molecular weight excluding hydrogens is 381 g/mol. The van der Waals surface area contributed by atoms with Gasteiger partial charge in [-0.05, 0) is 25.5 Å². The summed E-state index contributed by atoms with van der Waals surface area (Å²) in [6, 6.07) is 5.58. The average molecular weight is 397 g/mol. The highest BCUT2D eigenvalue weighted by atomic mass is 127. The predicted octanol–water partition coefficient (Wildman–Crippen LogP) is 1.64. The fourth-order valence-corrected chi connectivity index (χ4v) is 3.29. The lowest BCUT2D eigenvalue weighted by Gasteiger charge is -2.15. The summed E-state index contributed by atoms with van der Waals surface area (Å²) in [4.78, 5) is 11.7. The highest BCUT2D eigenvalue weighted by molar-refractivity contribution is 14.1. The molecule has 0 radical (unpaired) electrons. The van der Waals surface area contributed by atoms with E-state index < -0.39 is 22.0 Å². The molecule has 0 aliphatic carbocycles. The van der Waals surface area contributed by atoms with Gasteiger partial charge in [0.15, 0.2) is 0 Å². The molecule has 0 aromatic heterocycles. The fourth-order valence-electron chi connectivity index (χ4n) is 1.45. The molecule has 0 saturated carbocycles. The Morgan fingerprint density at radius 1 is 1.37 bits per heavy atom. The van der Waals surface area contributed by atoms with Gasteiger partial charge in [0.2, 0.25) is 10.0 Å². The molecule has 19 heavy (non-hydrogen) atoms. The van der Waals surface area contributed by atoms with Crippen LogP contribution in [0.1, 0.15) is 12.0 Å². The minimum Gasteiger partial charge on any atom is -0.468 e. The number of halogens is 1. The molecule has 0 aliphatic heterocycles. The fraction of sp³-hybridized carbons (Fsp3) is 0.417. The lowest BCUT2D eigenvalue weighted by molar-refractivity contribution is -0.142. The maximum atomic E-state index is 12.1. The van der Waals surface area contributed by atoms with Crippen LogP contribution >= 0.6 is 22.6 Å². The first kappa shape index (κ1) is 16.4. The highest BCUT2D eigenvalue weighted by Gasteiger charge is 2.25. The van der Waals surface area contributed by atoms with Gasteiger partial charge in [-0.2, -0.15) is 4.72 Å². The zero-order chi connectivity index (χ0) is 14.5. The number of aryl methyl sites for hydroxylation is 1. The van der Waals surface area contributed by atoms with Crippen molar-refractivity contribution in [1.82, 2.24) is 4.72 Å². The summed E-state index contributed by atoms with van der Waals surface area (Å²) < 4.78 is 31.9. The summed E-state index contributed by atoms with van der Waals surface area (Å²) in [7, 11) is -2.47. The molecule has 106 valence electrons. The van der Waals surface area contributed by atoms with E-state index in [9.17, 15) is 13.2 Å². The van der Waals surface area contributed by atoms with Gasteiger partial charge in [0.05, 0.1) is 12.0 Å². The van der Waals surface area contributed by atoms with Crippen molar-refractivity contribution in [2.45, 2.75) is 24.3 Å². The number of alkyl halides is 1. The van der Waals surface area contributed by atoms with Crippen molar-refractivity contribution in [2.75, 3.05) is 11.5 Å². The van der Waals surface area contributed by atoms with Crippen LogP contribution < -0.4 is 4.72 Å². The van der Waals surface area contributed by atoms with E-state index in [0.29, 0.717) is 10.8 Å². The third kappa shape index (κ3) is 4.73. The van der Waals surface area contributed by atoms with Crippen LogP contribution in [0.15, 0.2) is 29.2 Å². The summed E-state index contributed by atoms with van der Waals surface area (Å²) in [5, 5.41) is 0. The Morgan fingerprint density at radius 3 is 2.42 bits per heavy atom. The van der Waals surface area contributed by atoms with Gasteiger partial charge in [0.1, 0.15) is 6.04 Å². The standard InChI is InChI=1S/C12H16INO4S/c1-9-3-5-10(6-4-9)19(16,17)14-11(7-8-13)12(15)18-2/h3-6,11,14H,7-8H2,1-2H3/t11-/m0/s1. The van der Waals surface area contributed by atoms with E-state index in [1.54, 1.807) is 12.1 Å². The van der Waals surface area contributed by atoms with Gasteiger partial charge >= 0.3 is 5.97 Å². The Balaban J connectivity index is 2.93. The van der Waals surface area contributed by atoms with Gasteiger partial charge in [-0.25, -0.2) is 8.42 Å². The number of hydrogen-bond donors (Lipinski definition) is 1. The van der Waals surface area contributed by atoms with Crippen LogP contribution in [0.5, 0.6) is 0 Å². The zero-order valence-electron chi connectivity index (χ0n) is 10.7. The van der Waals surface area contributed by atoms with E-state index in [4.69, 9.17) is 0 Å². The second-order valence-corrected chi connectivity index (χ2v) is 6.78. The molecule has 0 aliphatic rings. The van der Waals surface area contributed by atoms with Crippen molar-refractivity contribution in [3.8, 4) is 0 Å². The number of nitrogens with one attached hydrogen (secondary N) is 1. The van der Waals surface area contributed by atoms with E-state index >= 15 is 0 Å². The first-order chi connectivity index (χ1) is 8.90. The molecule has 0 heterocycles. The van der Waals surface area contributed by atoms with Gasteiger partial charge in [-0.1, -0.05) is 40.3 Å². The van der Waals surface area contributed by atoms with Crippen LogP contribution in [0, 0.1) is 6.92 Å². The second kappa shape index (κ2) is 7.20. The molecule has 0 spiro atoms. The smallest absolute Gasteiger partial charge is 0.323 e. The summed E-state index contributed by atoms with van der Waals surface area (Å²) in [6.45, 7) is 1.87. The molecule has 0 fully saturated rings. The number of carbonyl (C=O) groups excluding carboxylic acids is 1. The van der Waals surface area contributed by atoms with Crippen LogP contribution in [-0.2, 0) is 19.6 Å². The Bertz CT molecular complexity index is 527. The van der Waals surface area contributed by atoms with Crippen molar-refractivity contribution in [2.24, 2.45) is 0 Å². The number of carbonyl (C=O) groups is 1. The van der Waals surface area contributed by atoms with Gasteiger partial charge in [-0.3, -0.25) is 4.79 Å². The Morgan fingerprint density at radius 2 is 1.95 bits per heavy atom. The molecule has 1 aromatic carbocycles. The highest BCUT2D eigenvalue weighted by Crippen LogP contribution is 2.12. The van der Waals surface area contributed by atoms with Crippen LogP contribution in [0.25, 0.3) is 0 Å². The monoisotopic (exact) mass is 397 g/mol. The Kier molecular flexibility index (Phi) is 6.21. The average Bonchev–Trinajstić information content (AvgIpc) is 2.37. The van der Waals surface area contributed by atoms with Crippen molar-refractivity contribution < 1.29 is 17.9 Å². The Labute approximate surface area is 126 Å². The lowest BCUT2D eigenvalue weighted by Crippen LogP contribution is -2.41. The molecule has 0 amide bonds. The maximum absolute atomic E-state index is 12.1. The number of sulfonamides is 1. The third-order valence-electron chi connectivity index (χ3n) is 2.51. The number of esters is 1. The van der Waals surface area contributed by atoms with Crippen LogP contribution in [0.3, 0.4) is 0 Å². The molecular formula is C12H16INO4S. The van der Waals surface area contributed by atoms with E-state index in [-0.39, 0.29) is 4.90 Å². The predicted molar refractivity (Wildman–Crippen MR) is 80.8 cm³/mol. The SMILES string of the molecule is COC(=O)[C@H](CCI)NS(=O)(=O)c1ccc(C)cc1. The molecule has 7 heteroatoms. The lowest BCUT2D eigenvalue weighted by atomic mass is 10.2. The topological polar surface area (TPSA) is 72.5 Å². The van der Waals surface area contributed by atoms with E-state index in [0.717, 1.165) is 5.56 Å². The normalized spacial score (nSPS) is 13.0. The number of hydrogen-bond acceptors (Lipinski definition) is 4. The largest absolute Gasteiger partial charge is 0.468 e. The third-order valence-corrected chi connectivity index (χ3v) is 4.62. The number of benzene rings is 1. The van der Waals surface area contributed by atoms with Gasteiger partial charge in [0, 0.05) is 4.43 Å².